The molecule has 1 aromatic carbocycles. The second kappa shape index (κ2) is 11.3. The lowest BCUT2D eigenvalue weighted by Gasteiger charge is -2.14. The molecule has 1 saturated heterocycles. The van der Waals surface area contributed by atoms with Crippen molar-refractivity contribution >= 4 is 17.6 Å². The number of likely N-dealkylation sites (tertiary alicyclic amines) is 1. The second-order valence-corrected chi connectivity index (χ2v) is 7.02. The van der Waals surface area contributed by atoms with Gasteiger partial charge in [0.05, 0.1) is 18.0 Å². The van der Waals surface area contributed by atoms with E-state index in [9.17, 15) is 4.79 Å². The third-order valence-corrected chi connectivity index (χ3v) is 4.84. The van der Waals surface area contributed by atoms with Gasteiger partial charge in [-0.25, -0.2) is 9.78 Å². The fourth-order valence-corrected chi connectivity index (χ4v) is 3.33. The molecule has 0 atom stereocenters. The molecule has 2 heterocycles. The Hall–Kier alpha value is -2.72. The van der Waals surface area contributed by atoms with Crippen LogP contribution in [0.5, 0.6) is 0 Å². The minimum Gasteiger partial charge on any atom is -0.463 e. The summed E-state index contributed by atoms with van der Waals surface area (Å²) >= 11 is 0. The summed E-state index contributed by atoms with van der Waals surface area (Å²) in [5, 5.41) is 0. The summed E-state index contributed by atoms with van der Waals surface area (Å²) in [6.45, 7) is 7.50. The molecule has 29 heavy (non-hydrogen) atoms. The predicted octanol–water partition coefficient (Wildman–Crippen LogP) is 5.13. The van der Waals surface area contributed by atoms with Crippen molar-refractivity contribution in [3.05, 3.63) is 77.1 Å². The van der Waals surface area contributed by atoms with E-state index in [4.69, 9.17) is 9.72 Å². The van der Waals surface area contributed by atoms with E-state index in [0.717, 1.165) is 42.2 Å². The van der Waals surface area contributed by atoms with Crippen LogP contribution in [0.15, 0.2) is 54.6 Å². The number of esters is 1. The number of pyridine rings is 1. The molecule has 0 radical (unpaired) electrons. The summed E-state index contributed by atoms with van der Waals surface area (Å²) in [6, 6.07) is 14.4. The smallest absolute Gasteiger partial charge is 0.330 e. The van der Waals surface area contributed by atoms with Gasteiger partial charge in [-0.1, -0.05) is 49.4 Å². The molecule has 4 nitrogen and oxygen atoms in total. The first-order chi connectivity index (χ1) is 13.7. The molecule has 1 aromatic heterocycles. The summed E-state index contributed by atoms with van der Waals surface area (Å²) in [4.78, 5) is 18.8. The van der Waals surface area contributed by atoms with E-state index >= 15 is 0 Å². The quantitative estimate of drug-likeness (QED) is 0.484. The maximum atomic E-state index is 11.6. The van der Waals surface area contributed by atoms with Gasteiger partial charge >= 0.3 is 5.97 Å². The third kappa shape index (κ3) is 6.68. The van der Waals surface area contributed by atoms with Gasteiger partial charge in [0, 0.05) is 18.2 Å². The highest BCUT2D eigenvalue weighted by molar-refractivity contribution is 5.87. The van der Waals surface area contributed by atoms with Crippen molar-refractivity contribution in [2.45, 2.75) is 34.1 Å². The molecule has 0 aliphatic carbocycles. The van der Waals surface area contributed by atoms with E-state index in [1.807, 2.05) is 18.2 Å². The Balaban J connectivity index is 0.00000300. The Bertz CT molecular complexity index is 847. The Morgan fingerprint density at radius 3 is 2.55 bits per heavy atom. The van der Waals surface area contributed by atoms with E-state index in [1.54, 1.807) is 13.0 Å². The summed E-state index contributed by atoms with van der Waals surface area (Å²) in [7, 11) is 0. The third-order valence-electron chi connectivity index (χ3n) is 4.84. The number of rotatable bonds is 7. The predicted molar refractivity (Wildman–Crippen MR) is 121 cm³/mol. The molecule has 0 spiro atoms. The van der Waals surface area contributed by atoms with E-state index in [2.05, 4.69) is 42.2 Å². The summed E-state index contributed by atoms with van der Waals surface area (Å²) in [6.07, 6.45) is 7.96. The molecule has 3 rings (SSSR count). The van der Waals surface area contributed by atoms with Crippen molar-refractivity contribution < 1.29 is 9.53 Å². The average Bonchev–Trinajstić information content (AvgIpc) is 3.22. The summed E-state index contributed by atoms with van der Waals surface area (Å²) < 4.78 is 4.95. The van der Waals surface area contributed by atoms with E-state index in [-0.39, 0.29) is 13.4 Å². The van der Waals surface area contributed by atoms with E-state index < -0.39 is 0 Å². The Morgan fingerprint density at radius 2 is 1.86 bits per heavy atom. The zero-order chi connectivity index (χ0) is 19.8. The van der Waals surface area contributed by atoms with Crippen LogP contribution in [-0.4, -0.2) is 42.1 Å². The number of carbonyl (C=O) groups is 1. The van der Waals surface area contributed by atoms with Crippen LogP contribution in [0.4, 0.5) is 0 Å². The standard InChI is InChI=1S/C24H28N2O2.CH4/c1-3-28-24(27)14-13-21-7-6-8-23(25-21)22(15-18-26-16-4-5-17-26)20-11-9-19(2)10-12-20;/h6-15H,3-5,16-18H2,1-2H3;1H4/b14-13-,22-15-;. The molecule has 154 valence electrons. The van der Waals surface area contributed by atoms with Gasteiger partial charge in [-0.3, -0.25) is 4.90 Å². The highest BCUT2D eigenvalue weighted by Gasteiger charge is 2.12. The molecule has 0 saturated carbocycles. The highest BCUT2D eigenvalue weighted by Crippen LogP contribution is 2.23. The maximum absolute atomic E-state index is 11.6. The minimum atomic E-state index is -0.349. The van der Waals surface area contributed by atoms with Crippen LogP contribution in [0.2, 0.25) is 0 Å². The molecule has 1 fully saturated rings. The number of aryl methyl sites for hydroxylation is 1. The molecule has 0 bridgehead atoms. The number of carbonyl (C=O) groups excluding carboxylic acids is 1. The average molecular weight is 393 g/mol. The van der Waals surface area contributed by atoms with Gasteiger partial charge < -0.3 is 4.74 Å². The molecule has 1 aliphatic heterocycles. The number of hydrogen-bond donors (Lipinski definition) is 0. The van der Waals surface area contributed by atoms with Gasteiger partial charge in [0.1, 0.15) is 0 Å². The van der Waals surface area contributed by atoms with Crippen LogP contribution in [0.3, 0.4) is 0 Å². The molecule has 0 N–H and O–H groups in total. The number of aromatic nitrogens is 1. The van der Waals surface area contributed by atoms with Crippen LogP contribution >= 0.6 is 0 Å². The van der Waals surface area contributed by atoms with Crippen LogP contribution < -0.4 is 0 Å². The number of ether oxygens (including phenoxy) is 1. The minimum absolute atomic E-state index is 0. The lowest BCUT2D eigenvalue weighted by Crippen LogP contribution is -2.19. The van der Waals surface area contributed by atoms with Crippen molar-refractivity contribution in [2.24, 2.45) is 0 Å². The molecule has 0 amide bonds. The van der Waals surface area contributed by atoms with Crippen LogP contribution in [0.25, 0.3) is 11.6 Å². The summed E-state index contributed by atoms with van der Waals surface area (Å²) in [5.41, 5.74) is 5.17. The Kier molecular flexibility index (Phi) is 8.81. The number of hydrogen-bond acceptors (Lipinski definition) is 4. The molecule has 4 heteroatoms. The number of nitrogens with zero attached hydrogens (tertiary/aromatic N) is 2. The Labute approximate surface area is 174 Å². The van der Waals surface area contributed by atoms with Crippen molar-refractivity contribution in [1.29, 1.82) is 0 Å². The largest absolute Gasteiger partial charge is 0.463 e. The van der Waals surface area contributed by atoms with Gasteiger partial charge in [0.2, 0.25) is 0 Å². The van der Waals surface area contributed by atoms with Crippen LogP contribution in [0.1, 0.15) is 49.7 Å². The Morgan fingerprint density at radius 1 is 1.14 bits per heavy atom. The highest BCUT2D eigenvalue weighted by atomic mass is 16.5. The molecular weight excluding hydrogens is 360 g/mol. The van der Waals surface area contributed by atoms with E-state index in [0.29, 0.717) is 6.61 Å². The molecule has 2 aromatic rings. The van der Waals surface area contributed by atoms with Crippen LogP contribution in [0, 0.1) is 6.92 Å². The normalized spacial score (nSPS) is 14.8. The van der Waals surface area contributed by atoms with Crippen molar-refractivity contribution in [3.8, 4) is 0 Å². The molecule has 0 unspecified atom stereocenters. The fourth-order valence-electron chi connectivity index (χ4n) is 3.33. The zero-order valence-corrected chi connectivity index (χ0v) is 16.7. The lowest BCUT2D eigenvalue weighted by atomic mass is 10.00. The van der Waals surface area contributed by atoms with Gasteiger partial charge in [-0.2, -0.15) is 0 Å². The maximum Gasteiger partial charge on any atom is 0.330 e. The van der Waals surface area contributed by atoms with E-state index in [1.165, 1.54) is 24.5 Å². The first kappa shape index (κ1) is 22.6. The molecule has 1 aliphatic rings. The monoisotopic (exact) mass is 392 g/mol. The topological polar surface area (TPSA) is 42.4 Å². The van der Waals surface area contributed by atoms with Crippen molar-refractivity contribution in [3.63, 3.8) is 0 Å². The van der Waals surface area contributed by atoms with Crippen LogP contribution in [-0.2, 0) is 9.53 Å². The molecular formula is C25H32N2O2. The first-order valence-electron chi connectivity index (χ1n) is 9.97. The lowest BCUT2D eigenvalue weighted by molar-refractivity contribution is -0.137. The van der Waals surface area contributed by atoms with Crippen molar-refractivity contribution in [2.75, 3.05) is 26.2 Å². The van der Waals surface area contributed by atoms with Crippen molar-refractivity contribution in [1.82, 2.24) is 9.88 Å². The van der Waals surface area contributed by atoms with Gasteiger partial charge in [0.15, 0.2) is 0 Å². The first-order valence-corrected chi connectivity index (χ1v) is 9.97. The van der Waals surface area contributed by atoms with Gasteiger partial charge in [-0.15, -0.1) is 0 Å². The SMILES string of the molecule is C.CCOC(=O)/C=C\c1cccc(/C(=C\CN2CCCC2)c2ccc(C)cc2)n1. The summed E-state index contributed by atoms with van der Waals surface area (Å²) in [5.74, 6) is -0.349. The fraction of sp³-hybridized carbons (Fsp3) is 0.360. The van der Waals surface area contributed by atoms with Gasteiger partial charge in [-0.05, 0) is 63.6 Å². The second-order valence-electron chi connectivity index (χ2n) is 7.02. The zero-order valence-electron chi connectivity index (χ0n) is 16.7. The number of benzene rings is 1. The van der Waals surface area contributed by atoms with Gasteiger partial charge in [0.25, 0.3) is 0 Å².